The number of rotatable bonds is 0. The summed E-state index contributed by atoms with van der Waals surface area (Å²) >= 11 is 0. The zero-order valence-electron chi connectivity index (χ0n) is 33.6. The number of benzene rings is 12. The molecular formula is C56H26Li2O4. The van der Waals surface area contributed by atoms with Crippen LogP contribution in [0.15, 0.2) is 175 Å². The van der Waals surface area contributed by atoms with E-state index in [1.807, 2.05) is 12.1 Å². The van der Waals surface area contributed by atoms with Crippen LogP contribution in [0.1, 0.15) is 0 Å². The first-order chi connectivity index (χ1) is 29.7. The first-order valence-electron chi connectivity index (χ1n) is 20.2. The summed E-state index contributed by atoms with van der Waals surface area (Å²) in [4.78, 5) is 0. The molecule has 12 aromatic carbocycles. The number of hydrogen-bond donors (Lipinski definition) is 0. The number of fused-ring (bicyclic) bond motifs is 8. The summed E-state index contributed by atoms with van der Waals surface area (Å²) in [7, 11) is 0. The van der Waals surface area contributed by atoms with Crippen molar-refractivity contribution in [2.45, 2.75) is 0 Å². The van der Waals surface area contributed by atoms with Gasteiger partial charge in [-0.3, -0.25) is 0 Å². The van der Waals surface area contributed by atoms with Crippen LogP contribution in [0.5, 0.6) is 0 Å². The van der Waals surface area contributed by atoms with E-state index in [4.69, 9.17) is 17.7 Å². The third-order valence-electron chi connectivity index (χ3n) is 13.0. The van der Waals surface area contributed by atoms with E-state index in [1.165, 1.54) is 21.5 Å². The topological polar surface area (TPSA) is 52.6 Å². The van der Waals surface area contributed by atoms with Crippen LogP contribution in [-0.2, 0) is 0 Å². The number of hydrogen-bond acceptors (Lipinski definition) is 4. The molecule has 0 radical (unpaired) electrons. The SMILES string of the molecule is [Li+].[Li+].[c-]1cc2cc3ccccc3c3oc4[c-]cc5cc6ccccc6c6oc1c(c23)-c4c56.c1ccc2c(c1)cc1ccc3oc4c5ccccc5cc5ccc6oc2c1c3-c6c54. The van der Waals surface area contributed by atoms with Crippen LogP contribution in [0.25, 0.3) is 153 Å². The molecule has 12 aromatic rings. The van der Waals surface area contributed by atoms with E-state index in [0.29, 0.717) is 0 Å². The van der Waals surface area contributed by atoms with Crippen molar-refractivity contribution in [1.82, 2.24) is 0 Å². The van der Waals surface area contributed by atoms with Crippen LogP contribution in [0.4, 0.5) is 0 Å². The van der Waals surface area contributed by atoms with Gasteiger partial charge in [-0.15, -0.1) is 46.2 Å². The third-order valence-corrected chi connectivity index (χ3v) is 13.0. The monoisotopic (exact) mass is 776 g/mol. The summed E-state index contributed by atoms with van der Waals surface area (Å²) in [6.45, 7) is 0. The van der Waals surface area contributed by atoms with Gasteiger partial charge in [0.05, 0.1) is 0 Å². The van der Waals surface area contributed by atoms with Crippen LogP contribution in [0, 0.1) is 12.1 Å². The van der Waals surface area contributed by atoms with Crippen molar-refractivity contribution in [3.05, 3.63) is 170 Å². The second-order valence-electron chi connectivity index (χ2n) is 16.1. The Labute approximate surface area is 375 Å². The van der Waals surface area contributed by atoms with Crippen LogP contribution in [0.2, 0.25) is 0 Å². The minimum atomic E-state index is 0. The molecule has 0 N–H and O–H groups in total. The standard InChI is InChI=1S/C28H14O2.C28H12O2.2Li/c2*1-3-7-19-15(5-1)13-17-9-11-22-25-23(17)27(19)29-21-12-10-18-14-16-6-2-4-8-20(16)28(30-22)24(18)26(21)25;;/h1-14H;1-10,13-14H;;/q;-2;2*+1. The Morgan fingerprint density at radius 2 is 0.613 bits per heavy atom. The molecule has 4 aliphatic rings. The van der Waals surface area contributed by atoms with Gasteiger partial charge >= 0.3 is 37.7 Å². The Balaban J connectivity index is 0.000000122. The Morgan fingerprint density at radius 1 is 0.290 bits per heavy atom. The van der Waals surface area contributed by atoms with Crippen molar-refractivity contribution in [1.29, 1.82) is 0 Å². The van der Waals surface area contributed by atoms with Crippen LogP contribution in [-0.4, -0.2) is 0 Å². The fourth-order valence-electron chi connectivity index (χ4n) is 10.4. The van der Waals surface area contributed by atoms with E-state index in [0.717, 1.165) is 132 Å². The van der Waals surface area contributed by atoms with Crippen molar-refractivity contribution >= 4 is 131 Å². The van der Waals surface area contributed by atoms with Crippen molar-refractivity contribution in [2.75, 3.05) is 0 Å². The summed E-state index contributed by atoms with van der Waals surface area (Å²) in [5.74, 6) is 0. The Hall–Kier alpha value is -6.89. The van der Waals surface area contributed by atoms with Gasteiger partial charge in [0, 0.05) is 54.6 Å². The molecule has 0 fully saturated rings. The molecule has 276 valence electrons. The van der Waals surface area contributed by atoms with Crippen molar-refractivity contribution in [3.63, 3.8) is 0 Å². The van der Waals surface area contributed by atoms with Gasteiger partial charge in [0.1, 0.15) is 33.5 Å². The summed E-state index contributed by atoms with van der Waals surface area (Å²) in [6, 6.07) is 61.8. The van der Waals surface area contributed by atoms with E-state index < -0.39 is 0 Å². The molecule has 0 unspecified atom stereocenters. The average molecular weight is 777 g/mol. The normalized spacial score (nSPS) is 12.3. The zero-order chi connectivity index (χ0) is 38.8. The molecule has 0 aromatic heterocycles. The Bertz CT molecular complexity index is 3810. The van der Waals surface area contributed by atoms with E-state index in [9.17, 15) is 0 Å². The molecule has 0 amide bonds. The average Bonchev–Trinajstić information content (AvgIpc) is 3.30. The molecule has 16 rings (SSSR count). The molecular weight excluding hydrogens is 750 g/mol. The third kappa shape index (κ3) is 4.60. The van der Waals surface area contributed by atoms with E-state index >= 15 is 0 Å². The molecule has 6 heteroatoms. The first kappa shape index (κ1) is 35.8. The van der Waals surface area contributed by atoms with Gasteiger partial charge in [-0.1, -0.05) is 120 Å². The van der Waals surface area contributed by atoms with Crippen LogP contribution >= 0.6 is 0 Å². The van der Waals surface area contributed by atoms with Gasteiger partial charge in [0.25, 0.3) is 0 Å². The Kier molecular flexibility index (Phi) is 7.41. The van der Waals surface area contributed by atoms with Crippen molar-refractivity contribution in [3.8, 4) is 22.3 Å². The first-order valence-corrected chi connectivity index (χ1v) is 20.2. The predicted octanol–water partition coefficient (Wildman–Crippen LogP) is 10.3. The zero-order valence-corrected chi connectivity index (χ0v) is 33.6. The molecule has 0 spiro atoms. The maximum Gasteiger partial charge on any atom is 1.00 e. The quantitative estimate of drug-likeness (QED) is 0.0666. The van der Waals surface area contributed by atoms with Crippen molar-refractivity contribution in [2.24, 2.45) is 0 Å². The molecule has 0 aliphatic carbocycles. The second kappa shape index (κ2) is 12.8. The summed E-state index contributed by atoms with van der Waals surface area (Å²) in [5.41, 5.74) is 11.4. The van der Waals surface area contributed by atoms with Gasteiger partial charge < -0.3 is 17.7 Å². The predicted molar refractivity (Wildman–Crippen MR) is 245 cm³/mol. The van der Waals surface area contributed by atoms with Crippen LogP contribution in [0.3, 0.4) is 0 Å². The largest absolute Gasteiger partial charge is 1.00 e. The van der Waals surface area contributed by atoms with Gasteiger partial charge in [-0.05, 0) is 56.6 Å². The fraction of sp³-hybridized carbons (Fsp3) is 0. The molecule has 4 aliphatic heterocycles. The molecule has 0 saturated carbocycles. The summed E-state index contributed by atoms with van der Waals surface area (Å²) in [6.07, 6.45) is 0. The van der Waals surface area contributed by atoms with Crippen LogP contribution < -0.4 is 37.7 Å². The fourth-order valence-corrected chi connectivity index (χ4v) is 10.4. The maximum absolute atomic E-state index is 6.61. The van der Waals surface area contributed by atoms with E-state index in [1.54, 1.807) is 0 Å². The summed E-state index contributed by atoms with van der Waals surface area (Å²) < 4.78 is 26.3. The molecule has 0 atom stereocenters. The van der Waals surface area contributed by atoms with Gasteiger partial charge in [0.15, 0.2) is 0 Å². The van der Waals surface area contributed by atoms with Gasteiger partial charge in [-0.25, -0.2) is 0 Å². The maximum atomic E-state index is 6.61. The van der Waals surface area contributed by atoms with E-state index in [-0.39, 0.29) is 37.7 Å². The summed E-state index contributed by atoms with van der Waals surface area (Å²) in [5, 5.41) is 18.2. The second-order valence-corrected chi connectivity index (χ2v) is 16.1. The smallest absolute Gasteiger partial charge is 0.485 e. The molecule has 4 nitrogen and oxygen atoms in total. The van der Waals surface area contributed by atoms with Crippen molar-refractivity contribution < 1.29 is 55.4 Å². The molecule has 62 heavy (non-hydrogen) atoms. The van der Waals surface area contributed by atoms with Gasteiger partial charge in [0.2, 0.25) is 0 Å². The molecule has 0 saturated heterocycles. The minimum absolute atomic E-state index is 0. The van der Waals surface area contributed by atoms with Gasteiger partial charge in [-0.2, -0.15) is 12.1 Å². The minimum Gasteiger partial charge on any atom is -0.485 e. The molecule has 0 bridgehead atoms. The van der Waals surface area contributed by atoms with E-state index in [2.05, 4.69) is 158 Å². The Morgan fingerprint density at radius 3 is 1.00 bits per heavy atom. The molecule has 4 heterocycles.